The molecule has 3 fully saturated rings. The number of nitrogens with zero attached hydrogens (tertiary/aromatic N) is 1. The molecular weight excluding hydrogens is 224 g/mol. The Kier molecular flexibility index (Phi) is 3.92. The fraction of sp³-hybridized carbons (Fsp3) is 1.00. The first kappa shape index (κ1) is 12.9. The van der Waals surface area contributed by atoms with Crippen LogP contribution in [-0.2, 0) is 4.74 Å². The van der Waals surface area contributed by atoms with E-state index in [0.717, 1.165) is 44.6 Å². The van der Waals surface area contributed by atoms with E-state index < -0.39 is 0 Å². The molecule has 2 aliphatic heterocycles. The Morgan fingerprint density at radius 1 is 1.06 bits per heavy atom. The van der Waals surface area contributed by atoms with E-state index in [0.29, 0.717) is 0 Å². The summed E-state index contributed by atoms with van der Waals surface area (Å²) in [6, 6.07) is 0.843. The molecule has 2 saturated heterocycles. The van der Waals surface area contributed by atoms with Crippen molar-refractivity contribution < 1.29 is 4.74 Å². The summed E-state index contributed by atoms with van der Waals surface area (Å²) in [5.41, 5.74) is 6.61. The molecule has 3 aliphatic rings. The summed E-state index contributed by atoms with van der Waals surface area (Å²) in [4.78, 5) is 2.72. The average molecular weight is 252 g/mol. The Morgan fingerprint density at radius 2 is 1.78 bits per heavy atom. The van der Waals surface area contributed by atoms with Gasteiger partial charge in [-0.1, -0.05) is 12.8 Å². The number of hydrogen-bond donors (Lipinski definition) is 1. The van der Waals surface area contributed by atoms with Crippen molar-refractivity contribution in [1.29, 1.82) is 0 Å². The van der Waals surface area contributed by atoms with Crippen molar-refractivity contribution in [3.05, 3.63) is 0 Å². The predicted octanol–water partition coefficient (Wildman–Crippen LogP) is 2.15. The molecule has 3 rings (SSSR count). The number of likely N-dealkylation sites (tertiary alicyclic amines) is 1. The van der Waals surface area contributed by atoms with E-state index in [1.807, 2.05) is 0 Å². The van der Waals surface area contributed by atoms with Gasteiger partial charge in [-0.15, -0.1) is 0 Å². The van der Waals surface area contributed by atoms with E-state index in [4.69, 9.17) is 10.5 Å². The first-order valence-corrected chi connectivity index (χ1v) is 7.88. The standard InChI is InChI=1S/C15H28N2O/c16-15(7-10-18-11-8-15)12-17-9-3-6-14(17)13-4-1-2-5-13/h13-14H,1-12,16H2. The highest BCUT2D eigenvalue weighted by atomic mass is 16.5. The van der Waals surface area contributed by atoms with Crippen molar-refractivity contribution >= 4 is 0 Å². The van der Waals surface area contributed by atoms with Gasteiger partial charge in [0, 0.05) is 31.3 Å². The lowest BCUT2D eigenvalue weighted by molar-refractivity contribution is 0.0316. The summed E-state index contributed by atoms with van der Waals surface area (Å²) < 4.78 is 5.46. The van der Waals surface area contributed by atoms with Crippen LogP contribution >= 0.6 is 0 Å². The molecule has 3 nitrogen and oxygen atoms in total. The van der Waals surface area contributed by atoms with Gasteiger partial charge in [0.15, 0.2) is 0 Å². The lowest BCUT2D eigenvalue weighted by Crippen LogP contribution is -2.55. The van der Waals surface area contributed by atoms with Crippen LogP contribution in [0.2, 0.25) is 0 Å². The van der Waals surface area contributed by atoms with E-state index in [1.165, 1.54) is 45.1 Å². The Bertz CT molecular complexity index is 270. The summed E-state index contributed by atoms with van der Waals surface area (Å²) in [5.74, 6) is 0.968. The maximum atomic E-state index is 6.58. The second-order valence-electron chi connectivity index (χ2n) is 6.70. The third-order valence-corrected chi connectivity index (χ3v) is 5.36. The molecule has 1 atom stereocenters. The molecule has 2 N–H and O–H groups in total. The van der Waals surface area contributed by atoms with Gasteiger partial charge in [0.1, 0.15) is 0 Å². The Labute approximate surface area is 111 Å². The van der Waals surface area contributed by atoms with Crippen molar-refractivity contribution in [2.45, 2.75) is 62.9 Å². The normalized spacial score (nSPS) is 34.2. The first-order valence-electron chi connectivity index (χ1n) is 7.88. The Balaban J connectivity index is 1.60. The highest BCUT2D eigenvalue weighted by Gasteiger charge is 2.38. The van der Waals surface area contributed by atoms with E-state index in [1.54, 1.807) is 0 Å². The van der Waals surface area contributed by atoms with Gasteiger partial charge in [0.05, 0.1) is 0 Å². The van der Waals surface area contributed by atoms with Gasteiger partial charge in [0.2, 0.25) is 0 Å². The zero-order valence-corrected chi connectivity index (χ0v) is 11.6. The number of ether oxygens (including phenoxy) is 1. The molecule has 0 radical (unpaired) electrons. The molecule has 0 aromatic heterocycles. The maximum absolute atomic E-state index is 6.58. The first-order chi connectivity index (χ1) is 8.77. The highest BCUT2D eigenvalue weighted by molar-refractivity contribution is 4.95. The van der Waals surface area contributed by atoms with E-state index >= 15 is 0 Å². The molecule has 1 unspecified atom stereocenters. The highest BCUT2D eigenvalue weighted by Crippen LogP contribution is 2.36. The third kappa shape index (κ3) is 2.73. The summed E-state index contributed by atoms with van der Waals surface area (Å²) in [6.45, 7) is 4.11. The topological polar surface area (TPSA) is 38.5 Å². The van der Waals surface area contributed by atoms with Crippen molar-refractivity contribution in [3.8, 4) is 0 Å². The summed E-state index contributed by atoms with van der Waals surface area (Å²) in [6.07, 6.45) is 10.7. The van der Waals surface area contributed by atoms with Gasteiger partial charge in [-0.25, -0.2) is 0 Å². The number of nitrogens with two attached hydrogens (primary N) is 1. The molecular formula is C15H28N2O. The van der Waals surface area contributed by atoms with Crippen LogP contribution in [0, 0.1) is 5.92 Å². The number of rotatable bonds is 3. The lowest BCUT2D eigenvalue weighted by atomic mass is 9.89. The maximum Gasteiger partial charge on any atom is 0.0484 e. The summed E-state index contributed by atoms with van der Waals surface area (Å²) >= 11 is 0. The average Bonchev–Trinajstić information content (AvgIpc) is 2.99. The van der Waals surface area contributed by atoms with Crippen LogP contribution in [-0.4, -0.2) is 42.8 Å². The van der Waals surface area contributed by atoms with E-state index in [-0.39, 0.29) is 5.54 Å². The zero-order valence-electron chi connectivity index (χ0n) is 11.6. The minimum absolute atomic E-state index is 0.0272. The van der Waals surface area contributed by atoms with Crippen molar-refractivity contribution in [2.24, 2.45) is 11.7 Å². The van der Waals surface area contributed by atoms with Crippen LogP contribution in [0.1, 0.15) is 51.4 Å². The van der Waals surface area contributed by atoms with Crippen molar-refractivity contribution in [2.75, 3.05) is 26.3 Å². The molecule has 0 bridgehead atoms. The van der Waals surface area contributed by atoms with Crippen molar-refractivity contribution in [3.63, 3.8) is 0 Å². The molecule has 104 valence electrons. The van der Waals surface area contributed by atoms with E-state index in [2.05, 4.69) is 4.90 Å². The monoisotopic (exact) mass is 252 g/mol. The van der Waals surface area contributed by atoms with Gasteiger partial charge in [0.25, 0.3) is 0 Å². The molecule has 0 aromatic carbocycles. The second kappa shape index (κ2) is 5.48. The van der Waals surface area contributed by atoms with Crippen LogP contribution in [0.25, 0.3) is 0 Å². The summed E-state index contributed by atoms with van der Waals surface area (Å²) in [5, 5.41) is 0. The van der Waals surface area contributed by atoms with Crippen LogP contribution < -0.4 is 5.73 Å². The molecule has 0 amide bonds. The van der Waals surface area contributed by atoms with Crippen LogP contribution in [0.5, 0.6) is 0 Å². The molecule has 0 spiro atoms. The van der Waals surface area contributed by atoms with Gasteiger partial charge < -0.3 is 10.5 Å². The zero-order chi connectivity index (χ0) is 12.4. The van der Waals surface area contributed by atoms with Gasteiger partial charge in [-0.2, -0.15) is 0 Å². The van der Waals surface area contributed by atoms with E-state index in [9.17, 15) is 0 Å². The largest absolute Gasteiger partial charge is 0.381 e. The fourth-order valence-corrected chi connectivity index (χ4v) is 4.26. The molecule has 3 heteroatoms. The Hall–Kier alpha value is -0.120. The van der Waals surface area contributed by atoms with Crippen LogP contribution in [0.15, 0.2) is 0 Å². The fourth-order valence-electron chi connectivity index (χ4n) is 4.26. The lowest BCUT2D eigenvalue weighted by Gasteiger charge is -2.40. The van der Waals surface area contributed by atoms with Gasteiger partial charge >= 0.3 is 0 Å². The van der Waals surface area contributed by atoms with Crippen LogP contribution in [0.3, 0.4) is 0 Å². The molecule has 1 saturated carbocycles. The van der Waals surface area contributed by atoms with Gasteiger partial charge in [-0.3, -0.25) is 4.90 Å². The molecule has 0 aromatic rings. The predicted molar refractivity (Wildman–Crippen MR) is 73.5 cm³/mol. The van der Waals surface area contributed by atoms with Crippen LogP contribution in [0.4, 0.5) is 0 Å². The SMILES string of the molecule is NC1(CN2CCCC2C2CCCC2)CCOCC1. The minimum atomic E-state index is 0.0272. The second-order valence-corrected chi connectivity index (χ2v) is 6.70. The minimum Gasteiger partial charge on any atom is -0.381 e. The smallest absolute Gasteiger partial charge is 0.0484 e. The quantitative estimate of drug-likeness (QED) is 0.836. The van der Waals surface area contributed by atoms with Gasteiger partial charge in [-0.05, 0) is 51.0 Å². The summed E-state index contributed by atoms with van der Waals surface area (Å²) in [7, 11) is 0. The molecule has 1 aliphatic carbocycles. The molecule has 18 heavy (non-hydrogen) atoms. The molecule has 2 heterocycles. The number of hydrogen-bond acceptors (Lipinski definition) is 3. The Morgan fingerprint density at radius 3 is 2.50 bits per heavy atom. The van der Waals surface area contributed by atoms with Crippen molar-refractivity contribution in [1.82, 2.24) is 4.90 Å². The third-order valence-electron chi connectivity index (χ3n) is 5.36.